The summed E-state index contributed by atoms with van der Waals surface area (Å²) in [6.45, 7) is 0.0387. The van der Waals surface area contributed by atoms with Gasteiger partial charge in [0.25, 0.3) is 0 Å². The Morgan fingerprint density at radius 2 is 1.95 bits per heavy atom. The Hall–Kier alpha value is -1.99. The smallest absolute Gasteiger partial charge is 0.222 e. The van der Waals surface area contributed by atoms with Crippen LogP contribution in [-0.2, 0) is 0 Å². The normalized spacial score (nSPS) is 12.0. The first kappa shape index (κ1) is 15.4. The zero-order chi connectivity index (χ0) is 15.2. The van der Waals surface area contributed by atoms with E-state index in [1.54, 1.807) is 0 Å². The van der Waals surface area contributed by atoms with Gasteiger partial charge >= 0.3 is 0 Å². The van der Waals surface area contributed by atoms with Gasteiger partial charge in [-0.25, -0.2) is 18.7 Å². The third-order valence-electron chi connectivity index (χ3n) is 2.45. The summed E-state index contributed by atoms with van der Waals surface area (Å²) in [6.07, 6.45) is 1.96. The number of ether oxygens (including phenoxy) is 1. The summed E-state index contributed by atoms with van der Waals surface area (Å²) in [7, 11) is 0. The number of nitrogens with one attached hydrogen (secondary N) is 1. The Morgan fingerprint density at radius 1 is 1.24 bits per heavy atom. The first-order valence-electron chi connectivity index (χ1n) is 6.02. The van der Waals surface area contributed by atoms with Crippen molar-refractivity contribution in [1.82, 2.24) is 9.97 Å². The predicted octanol–water partition coefficient (Wildman–Crippen LogP) is 2.26. The van der Waals surface area contributed by atoms with E-state index in [0.717, 1.165) is 12.1 Å². The van der Waals surface area contributed by atoms with Crippen LogP contribution in [0.15, 0.2) is 30.6 Å². The zero-order valence-corrected chi connectivity index (χ0v) is 11.5. The van der Waals surface area contributed by atoms with E-state index in [2.05, 4.69) is 15.3 Å². The molecule has 112 valence electrons. The minimum absolute atomic E-state index is 0.0916. The molecule has 8 heteroatoms. The van der Waals surface area contributed by atoms with Gasteiger partial charge in [-0.1, -0.05) is 11.6 Å². The highest BCUT2D eigenvalue weighted by molar-refractivity contribution is 6.30. The molecule has 2 N–H and O–H groups in total. The fourth-order valence-electron chi connectivity index (χ4n) is 1.43. The molecule has 2 rings (SSSR count). The van der Waals surface area contributed by atoms with E-state index in [1.807, 2.05) is 0 Å². The minimum atomic E-state index is -1.00. The van der Waals surface area contributed by atoms with E-state index in [1.165, 1.54) is 18.5 Å². The molecule has 5 nitrogen and oxygen atoms in total. The quantitative estimate of drug-likeness (QED) is 0.856. The summed E-state index contributed by atoms with van der Waals surface area (Å²) >= 11 is 5.64. The molecule has 0 aliphatic heterocycles. The maximum atomic E-state index is 12.9. The number of halogens is 3. The molecule has 0 radical (unpaired) electrons. The predicted molar refractivity (Wildman–Crippen MR) is 73.4 cm³/mol. The molecule has 0 bridgehead atoms. The molecule has 21 heavy (non-hydrogen) atoms. The summed E-state index contributed by atoms with van der Waals surface area (Å²) in [5.74, 6) is -1.51. The van der Waals surface area contributed by atoms with Gasteiger partial charge in [-0.05, 0) is 12.1 Å². The zero-order valence-electron chi connectivity index (χ0n) is 10.8. The monoisotopic (exact) mass is 315 g/mol. The Balaban J connectivity index is 1.77. The molecule has 2 aromatic rings. The topological polar surface area (TPSA) is 67.3 Å². The molecule has 0 fully saturated rings. The number of aromatic nitrogens is 2. The van der Waals surface area contributed by atoms with Gasteiger partial charge in [0.05, 0.1) is 17.4 Å². The van der Waals surface area contributed by atoms with Crippen LogP contribution >= 0.6 is 11.6 Å². The number of anilines is 1. The van der Waals surface area contributed by atoms with Gasteiger partial charge in [0.1, 0.15) is 18.5 Å². The van der Waals surface area contributed by atoms with Crippen LogP contribution in [0.3, 0.4) is 0 Å². The minimum Gasteiger partial charge on any atom is -0.491 e. The third-order valence-corrected chi connectivity index (χ3v) is 2.64. The van der Waals surface area contributed by atoms with E-state index in [0.29, 0.717) is 11.0 Å². The van der Waals surface area contributed by atoms with Gasteiger partial charge in [-0.15, -0.1) is 0 Å². The van der Waals surface area contributed by atoms with Crippen LogP contribution in [0.5, 0.6) is 5.75 Å². The van der Waals surface area contributed by atoms with Crippen LogP contribution in [0, 0.1) is 11.6 Å². The van der Waals surface area contributed by atoms with Crippen molar-refractivity contribution in [2.24, 2.45) is 0 Å². The van der Waals surface area contributed by atoms with Crippen LogP contribution in [0.2, 0.25) is 5.02 Å². The largest absolute Gasteiger partial charge is 0.491 e. The second-order valence-electron chi connectivity index (χ2n) is 4.15. The van der Waals surface area contributed by atoms with Gasteiger partial charge in [-0.3, -0.25) is 0 Å². The lowest BCUT2D eigenvalue weighted by atomic mass is 10.3. The highest BCUT2D eigenvalue weighted by Gasteiger charge is 2.08. The van der Waals surface area contributed by atoms with Crippen LogP contribution in [-0.4, -0.2) is 34.3 Å². The number of hydrogen-bond acceptors (Lipinski definition) is 5. The fourth-order valence-corrected chi connectivity index (χ4v) is 1.53. The van der Waals surface area contributed by atoms with Crippen molar-refractivity contribution in [3.8, 4) is 5.75 Å². The summed E-state index contributed by atoms with van der Waals surface area (Å²) in [5.41, 5.74) is 0. The summed E-state index contributed by atoms with van der Waals surface area (Å²) in [5, 5.41) is 12.9. The van der Waals surface area contributed by atoms with Crippen LogP contribution in [0.25, 0.3) is 0 Å². The lowest BCUT2D eigenvalue weighted by Crippen LogP contribution is -2.26. The van der Waals surface area contributed by atoms with Gasteiger partial charge in [0.15, 0.2) is 11.6 Å². The molecule has 0 amide bonds. The fraction of sp³-hybridized carbons (Fsp3) is 0.231. The van der Waals surface area contributed by atoms with Gasteiger partial charge in [-0.2, -0.15) is 0 Å². The van der Waals surface area contributed by atoms with E-state index < -0.39 is 17.7 Å². The molecule has 1 atom stereocenters. The third kappa shape index (κ3) is 4.80. The second-order valence-corrected chi connectivity index (χ2v) is 4.58. The van der Waals surface area contributed by atoms with Crippen molar-refractivity contribution < 1.29 is 18.6 Å². The molecule has 0 aliphatic rings. The summed E-state index contributed by atoms with van der Waals surface area (Å²) < 4.78 is 30.8. The highest BCUT2D eigenvalue weighted by Crippen LogP contribution is 2.15. The van der Waals surface area contributed by atoms with E-state index in [-0.39, 0.29) is 18.9 Å². The van der Waals surface area contributed by atoms with E-state index >= 15 is 0 Å². The number of aliphatic hydroxyl groups is 1. The SMILES string of the molecule is O[C@H](CNc1ncc(Cl)cn1)COc1ccc(F)c(F)c1. The molecule has 0 spiro atoms. The number of rotatable bonds is 6. The van der Waals surface area contributed by atoms with Gasteiger partial charge in [0, 0.05) is 12.6 Å². The Bertz CT molecular complexity index is 598. The molecule has 0 saturated carbocycles. The Morgan fingerprint density at radius 3 is 2.62 bits per heavy atom. The Labute approximate surface area is 124 Å². The number of benzene rings is 1. The van der Waals surface area contributed by atoms with Crippen LogP contribution in [0.1, 0.15) is 0 Å². The average molecular weight is 316 g/mol. The van der Waals surface area contributed by atoms with E-state index in [9.17, 15) is 13.9 Å². The first-order valence-corrected chi connectivity index (χ1v) is 6.39. The number of aliphatic hydroxyl groups excluding tert-OH is 1. The maximum Gasteiger partial charge on any atom is 0.222 e. The van der Waals surface area contributed by atoms with Crippen molar-refractivity contribution in [3.63, 3.8) is 0 Å². The van der Waals surface area contributed by atoms with Crippen molar-refractivity contribution in [3.05, 3.63) is 47.2 Å². The second kappa shape index (κ2) is 7.14. The first-order chi connectivity index (χ1) is 10.0. The van der Waals surface area contributed by atoms with Gasteiger partial charge < -0.3 is 15.2 Å². The summed E-state index contributed by atoms with van der Waals surface area (Å²) in [6, 6.07) is 3.15. The average Bonchev–Trinajstić information content (AvgIpc) is 2.48. The molecule has 1 heterocycles. The van der Waals surface area contributed by atoms with Crippen molar-refractivity contribution >= 4 is 17.5 Å². The molecule has 1 aromatic carbocycles. The summed E-state index contributed by atoms with van der Waals surface area (Å²) in [4.78, 5) is 7.78. The van der Waals surface area contributed by atoms with Crippen LogP contribution < -0.4 is 10.1 Å². The lowest BCUT2D eigenvalue weighted by Gasteiger charge is -2.13. The number of hydrogen-bond donors (Lipinski definition) is 2. The molecule has 1 aromatic heterocycles. The lowest BCUT2D eigenvalue weighted by molar-refractivity contribution is 0.117. The molecule has 0 unspecified atom stereocenters. The molecular weight excluding hydrogens is 304 g/mol. The van der Waals surface area contributed by atoms with E-state index in [4.69, 9.17) is 16.3 Å². The van der Waals surface area contributed by atoms with Crippen LogP contribution in [0.4, 0.5) is 14.7 Å². The maximum absolute atomic E-state index is 12.9. The van der Waals surface area contributed by atoms with Crippen molar-refractivity contribution in [1.29, 1.82) is 0 Å². The van der Waals surface area contributed by atoms with Crippen molar-refractivity contribution in [2.75, 3.05) is 18.5 Å². The van der Waals surface area contributed by atoms with Crippen molar-refractivity contribution in [2.45, 2.75) is 6.10 Å². The van der Waals surface area contributed by atoms with Gasteiger partial charge in [0.2, 0.25) is 5.95 Å². The Kier molecular flexibility index (Phi) is 5.24. The highest BCUT2D eigenvalue weighted by atomic mass is 35.5. The molecular formula is C13H12ClF2N3O2. The number of nitrogens with zero attached hydrogens (tertiary/aromatic N) is 2. The molecule has 0 aliphatic carbocycles. The standard InChI is InChI=1S/C13H12ClF2N3O2/c14-8-4-17-13(18-5-8)19-6-9(20)7-21-10-1-2-11(15)12(16)3-10/h1-5,9,20H,6-7H2,(H,17,18,19)/t9-/m1/s1. The molecule has 0 saturated heterocycles.